The fraction of sp³-hybridized carbons (Fsp3) is 0.550. The highest BCUT2D eigenvalue weighted by Crippen LogP contribution is 2.29. The molecule has 5 nitrogen and oxygen atoms in total. The standard InChI is InChI=1S/C20H26N2O3S/c1-13-6-5-9-17(14(13)2)21-18(23)12-26-11-10-22-19(24)15-7-3-4-8-16(15)20(22)25/h3-4,7-8,13-14,17H,5-6,9-12H2,1-2H3,(H,21,23)/t13-,14+,17+/m0/s1. The van der Waals surface area contributed by atoms with E-state index >= 15 is 0 Å². The van der Waals surface area contributed by atoms with Crippen LogP contribution in [0, 0.1) is 11.8 Å². The molecule has 0 aromatic heterocycles. The highest BCUT2D eigenvalue weighted by atomic mass is 32.2. The van der Waals surface area contributed by atoms with E-state index in [0.717, 1.165) is 6.42 Å². The van der Waals surface area contributed by atoms with Gasteiger partial charge in [0.2, 0.25) is 5.91 Å². The smallest absolute Gasteiger partial charge is 0.261 e. The molecule has 1 N–H and O–H groups in total. The van der Waals surface area contributed by atoms with Crippen LogP contribution in [0.4, 0.5) is 0 Å². The topological polar surface area (TPSA) is 66.5 Å². The Bertz CT molecular complexity index is 671. The lowest BCUT2D eigenvalue weighted by atomic mass is 9.78. The van der Waals surface area contributed by atoms with Crippen molar-refractivity contribution in [3.8, 4) is 0 Å². The molecule has 3 amide bonds. The van der Waals surface area contributed by atoms with Gasteiger partial charge >= 0.3 is 0 Å². The summed E-state index contributed by atoms with van der Waals surface area (Å²) < 4.78 is 0. The molecule has 1 saturated carbocycles. The van der Waals surface area contributed by atoms with E-state index in [1.165, 1.54) is 29.5 Å². The summed E-state index contributed by atoms with van der Waals surface area (Å²) in [7, 11) is 0. The van der Waals surface area contributed by atoms with Crippen LogP contribution in [0.3, 0.4) is 0 Å². The van der Waals surface area contributed by atoms with Crippen molar-refractivity contribution in [1.82, 2.24) is 10.2 Å². The highest BCUT2D eigenvalue weighted by molar-refractivity contribution is 7.99. The SMILES string of the molecule is C[C@@H]1[C@@H](C)CCC[C@H]1NC(=O)CSCCN1C(=O)c2ccccc2C1=O. The van der Waals surface area contributed by atoms with Crippen LogP contribution < -0.4 is 5.32 Å². The third-order valence-corrected chi connectivity index (χ3v) is 6.56. The number of imide groups is 1. The van der Waals surface area contributed by atoms with Crippen LogP contribution in [0.15, 0.2) is 24.3 Å². The summed E-state index contributed by atoms with van der Waals surface area (Å²) in [5.41, 5.74) is 0.946. The molecule has 1 aliphatic heterocycles. The monoisotopic (exact) mass is 374 g/mol. The molecule has 0 bridgehead atoms. The van der Waals surface area contributed by atoms with E-state index in [4.69, 9.17) is 0 Å². The van der Waals surface area contributed by atoms with Gasteiger partial charge in [0.25, 0.3) is 11.8 Å². The van der Waals surface area contributed by atoms with E-state index in [9.17, 15) is 14.4 Å². The number of nitrogens with one attached hydrogen (secondary N) is 1. The molecule has 3 rings (SSSR count). The van der Waals surface area contributed by atoms with E-state index in [-0.39, 0.29) is 23.8 Å². The number of fused-ring (bicyclic) bond motifs is 1. The zero-order valence-electron chi connectivity index (χ0n) is 15.4. The van der Waals surface area contributed by atoms with Gasteiger partial charge in [-0.15, -0.1) is 0 Å². The fourth-order valence-electron chi connectivity index (χ4n) is 3.80. The first-order valence-corrected chi connectivity index (χ1v) is 10.5. The minimum Gasteiger partial charge on any atom is -0.352 e. The minimum atomic E-state index is -0.235. The molecule has 0 spiro atoms. The molecule has 140 valence electrons. The van der Waals surface area contributed by atoms with Crippen LogP contribution in [0.5, 0.6) is 0 Å². The number of benzene rings is 1. The molecule has 26 heavy (non-hydrogen) atoms. The predicted molar refractivity (Wildman–Crippen MR) is 103 cm³/mol. The quantitative estimate of drug-likeness (QED) is 0.614. The Morgan fingerprint density at radius 1 is 1.15 bits per heavy atom. The summed E-state index contributed by atoms with van der Waals surface area (Å²) in [4.78, 5) is 38.0. The van der Waals surface area contributed by atoms with Crippen molar-refractivity contribution in [2.75, 3.05) is 18.1 Å². The van der Waals surface area contributed by atoms with Crippen molar-refractivity contribution in [3.63, 3.8) is 0 Å². The number of nitrogens with zero attached hydrogens (tertiary/aromatic N) is 1. The molecule has 0 unspecified atom stereocenters. The van der Waals surface area contributed by atoms with Crippen LogP contribution in [-0.2, 0) is 4.79 Å². The van der Waals surface area contributed by atoms with Gasteiger partial charge in [0.1, 0.15) is 0 Å². The van der Waals surface area contributed by atoms with Crippen molar-refractivity contribution in [3.05, 3.63) is 35.4 Å². The molecule has 1 aromatic rings. The van der Waals surface area contributed by atoms with E-state index in [1.54, 1.807) is 24.3 Å². The third-order valence-electron chi connectivity index (χ3n) is 5.62. The van der Waals surface area contributed by atoms with Crippen molar-refractivity contribution in [1.29, 1.82) is 0 Å². The van der Waals surface area contributed by atoms with Gasteiger partial charge in [-0.25, -0.2) is 0 Å². The molecule has 1 heterocycles. The van der Waals surface area contributed by atoms with Gasteiger partial charge in [-0.05, 0) is 30.4 Å². The zero-order valence-corrected chi connectivity index (χ0v) is 16.2. The summed E-state index contributed by atoms with van der Waals surface area (Å²) >= 11 is 1.46. The number of hydrogen-bond acceptors (Lipinski definition) is 4. The van der Waals surface area contributed by atoms with Crippen molar-refractivity contribution < 1.29 is 14.4 Å². The van der Waals surface area contributed by atoms with E-state index in [1.807, 2.05) is 0 Å². The number of carbonyl (C=O) groups excluding carboxylic acids is 3. The Kier molecular flexibility index (Phi) is 6.01. The van der Waals surface area contributed by atoms with Gasteiger partial charge in [-0.1, -0.05) is 38.8 Å². The number of thioether (sulfide) groups is 1. The van der Waals surface area contributed by atoms with Crippen LogP contribution in [0.25, 0.3) is 0 Å². The van der Waals surface area contributed by atoms with E-state index < -0.39 is 0 Å². The molecule has 1 aliphatic carbocycles. The number of rotatable bonds is 6. The highest BCUT2D eigenvalue weighted by Gasteiger charge is 2.34. The number of amides is 3. The molecule has 0 radical (unpaired) electrons. The lowest BCUT2D eigenvalue weighted by molar-refractivity contribution is -0.120. The Morgan fingerprint density at radius 2 is 1.81 bits per heavy atom. The maximum Gasteiger partial charge on any atom is 0.261 e. The van der Waals surface area contributed by atoms with E-state index in [0.29, 0.717) is 41.0 Å². The number of carbonyl (C=O) groups is 3. The minimum absolute atomic E-state index is 0.0447. The normalized spacial score (nSPS) is 25.3. The van der Waals surface area contributed by atoms with Gasteiger partial charge in [0.05, 0.1) is 16.9 Å². The van der Waals surface area contributed by atoms with Crippen molar-refractivity contribution >= 4 is 29.5 Å². The predicted octanol–water partition coefficient (Wildman–Crippen LogP) is 2.96. The Labute approximate surface area is 158 Å². The lowest BCUT2D eigenvalue weighted by Gasteiger charge is -2.34. The van der Waals surface area contributed by atoms with Crippen molar-refractivity contribution in [2.45, 2.75) is 39.2 Å². The summed E-state index contributed by atoms with van der Waals surface area (Å²) in [6.45, 7) is 4.80. The first-order chi connectivity index (χ1) is 12.5. The second kappa shape index (κ2) is 8.25. The summed E-state index contributed by atoms with van der Waals surface area (Å²) in [5, 5.41) is 3.15. The zero-order chi connectivity index (χ0) is 18.7. The van der Waals surface area contributed by atoms with Crippen LogP contribution in [0.2, 0.25) is 0 Å². The summed E-state index contributed by atoms with van der Waals surface area (Å²) in [6.07, 6.45) is 3.46. The molecule has 1 fully saturated rings. The van der Waals surface area contributed by atoms with Gasteiger partial charge in [0, 0.05) is 18.3 Å². The van der Waals surface area contributed by atoms with Crippen LogP contribution in [0.1, 0.15) is 53.8 Å². The Hall–Kier alpha value is -1.82. The van der Waals surface area contributed by atoms with Gasteiger partial charge < -0.3 is 5.32 Å². The second-order valence-electron chi connectivity index (χ2n) is 7.30. The van der Waals surface area contributed by atoms with Crippen LogP contribution >= 0.6 is 11.8 Å². The summed E-state index contributed by atoms with van der Waals surface area (Å²) in [5.74, 6) is 1.66. The maximum atomic E-state index is 12.3. The van der Waals surface area contributed by atoms with Gasteiger partial charge in [-0.2, -0.15) is 11.8 Å². The molecular weight excluding hydrogens is 348 g/mol. The fourth-order valence-corrected chi connectivity index (χ4v) is 4.52. The van der Waals surface area contributed by atoms with E-state index in [2.05, 4.69) is 19.2 Å². The molecule has 6 heteroatoms. The second-order valence-corrected chi connectivity index (χ2v) is 8.41. The first-order valence-electron chi connectivity index (χ1n) is 9.31. The largest absolute Gasteiger partial charge is 0.352 e. The number of hydrogen-bond donors (Lipinski definition) is 1. The Morgan fingerprint density at radius 3 is 2.46 bits per heavy atom. The lowest BCUT2D eigenvalue weighted by Crippen LogP contribution is -2.44. The molecule has 2 aliphatic rings. The maximum absolute atomic E-state index is 12.3. The molecule has 0 saturated heterocycles. The van der Waals surface area contributed by atoms with Gasteiger partial charge in [0.15, 0.2) is 0 Å². The average molecular weight is 375 g/mol. The molecular formula is C20H26N2O3S. The van der Waals surface area contributed by atoms with Gasteiger partial charge in [-0.3, -0.25) is 19.3 Å². The Balaban J connectivity index is 1.41. The van der Waals surface area contributed by atoms with Crippen molar-refractivity contribution in [2.24, 2.45) is 11.8 Å². The summed E-state index contributed by atoms with van der Waals surface area (Å²) in [6, 6.07) is 7.16. The molecule has 1 aromatic carbocycles. The average Bonchev–Trinajstić information content (AvgIpc) is 2.87. The first kappa shape index (κ1) is 19.0. The third kappa shape index (κ3) is 3.95. The van der Waals surface area contributed by atoms with Crippen LogP contribution in [-0.4, -0.2) is 46.7 Å². The molecule has 3 atom stereocenters.